The number of fused-ring (bicyclic) bond motifs is 1. The van der Waals surface area contributed by atoms with Crippen molar-refractivity contribution in [1.29, 1.82) is 0 Å². The van der Waals surface area contributed by atoms with Crippen molar-refractivity contribution in [3.8, 4) is 11.3 Å². The molecular weight excluding hydrogens is 361 g/mol. The Balaban J connectivity index is 1.83. The molecule has 0 radical (unpaired) electrons. The van der Waals surface area contributed by atoms with Crippen LogP contribution in [-0.4, -0.2) is 4.98 Å². The first-order valence-electron chi connectivity index (χ1n) is 8.81. The Morgan fingerprint density at radius 3 is 2.32 bits per heavy atom. The number of nitrogens with zero attached hydrogens (tertiary/aromatic N) is 1. The van der Waals surface area contributed by atoms with Crippen LogP contribution in [0.15, 0.2) is 78.9 Å². The van der Waals surface area contributed by atoms with Crippen LogP contribution in [0.4, 0.5) is 24.5 Å². The molecule has 0 aliphatic rings. The summed E-state index contributed by atoms with van der Waals surface area (Å²) in [4.78, 5) is 4.58. The van der Waals surface area contributed by atoms with Gasteiger partial charge in [0.05, 0.1) is 22.5 Å². The van der Waals surface area contributed by atoms with Crippen molar-refractivity contribution in [2.75, 3.05) is 5.32 Å². The van der Waals surface area contributed by atoms with Gasteiger partial charge in [-0.15, -0.1) is 0 Å². The Morgan fingerprint density at radius 2 is 1.57 bits per heavy atom. The quantitative estimate of drug-likeness (QED) is 0.416. The fraction of sp³-hybridized carbons (Fsp3) is 0.0870. The predicted molar refractivity (Wildman–Crippen MR) is 107 cm³/mol. The van der Waals surface area contributed by atoms with E-state index in [9.17, 15) is 13.2 Å². The Kier molecular flexibility index (Phi) is 4.51. The molecule has 1 heterocycles. The topological polar surface area (TPSA) is 24.9 Å². The number of rotatable bonds is 3. The van der Waals surface area contributed by atoms with E-state index in [0.29, 0.717) is 16.8 Å². The number of alkyl halides is 3. The molecule has 0 atom stereocenters. The smallest absolute Gasteiger partial charge is 0.355 e. The standard InChI is InChI=1S/C23H17F3N2/c1-15-9-11-18(12-10-15)27-22-14-21(28-20-8-3-2-7-19(20)22)16-5-4-6-17(13-16)23(24,25)26/h2-14H,1H3,(H,27,28). The highest BCUT2D eigenvalue weighted by molar-refractivity contribution is 5.95. The van der Waals surface area contributed by atoms with E-state index < -0.39 is 11.7 Å². The summed E-state index contributed by atoms with van der Waals surface area (Å²) in [5.41, 5.74) is 3.78. The molecule has 140 valence electrons. The lowest BCUT2D eigenvalue weighted by Gasteiger charge is -2.13. The number of hydrogen-bond acceptors (Lipinski definition) is 2. The summed E-state index contributed by atoms with van der Waals surface area (Å²) in [6, 6.07) is 22.5. The lowest BCUT2D eigenvalue weighted by atomic mass is 10.0. The minimum absolute atomic E-state index is 0.424. The van der Waals surface area contributed by atoms with E-state index in [1.54, 1.807) is 12.1 Å². The second kappa shape index (κ2) is 7.00. The molecule has 0 aliphatic heterocycles. The number of aryl methyl sites for hydroxylation is 1. The lowest BCUT2D eigenvalue weighted by Crippen LogP contribution is -2.04. The molecule has 1 N–H and O–H groups in total. The minimum Gasteiger partial charge on any atom is -0.355 e. The Labute approximate surface area is 160 Å². The summed E-state index contributed by atoms with van der Waals surface area (Å²) in [6.45, 7) is 2.01. The van der Waals surface area contributed by atoms with Crippen molar-refractivity contribution in [2.24, 2.45) is 0 Å². The van der Waals surface area contributed by atoms with Crippen molar-refractivity contribution in [1.82, 2.24) is 4.98 Å². The average molecular weight is 378 g/mol. The number of para-hydroxylation sites is 1. The van der Waals surface area contributed by atoms with Crippen molar-refractivity contribution >= 4 is 22.3 Å². The van der Waals surface area contributed by atoms with E-state index in [4.69, 9.17) is 0 Å². The molecular formula is C23H17F3N2. The normalized spacial score (nSPS) is 11.6. The van der Waals surface area contributed by atoms with E-state index in [1.807, 2.05) is 55.5 Å². The molecule has 2 nitrogen and oxygen atoms in total. The van der Waals surface area contributed by atoms with Gasteiger partial charge in [0, 0.05) is 16.6 Å². The third-order valence-electron chi connectivity index (χ3n) is 4.53. The van der Waals surface area contributed by atoms with Crippen LogP contribution < -0.4 is 5.32 Å². The van der Waals surface area contributed by atoms with Gasteiger partial charge in [0.15, 0.2) is 0 Å². The van der Waals surface area contributed by atoms with Gasteiger partial charge in [-0.1, -0.05) is 48.0 Å². The summed E-state index contributed by atoms with van der Waals surface area (Å²) in [7, 11) is 0. The fourth-order valence-electron chi connectivity index (χ4n) is 3.07. The largest absolute Gasteiger partial charge is 0.416 e. The summed E-state index contributed by atoms with van der Waals surface area (Å²) >= 11 is 0. The summed E-state index contributed by atoms with van der Waals surface area (Å²) in [5.74, 6) is 0. The molecule has 0 fully saturated rings. The van der Waals surface area contributed by atoms with Gasteiger partial charge in [-0.2, -0.15) is 13.2 Å². The Hall–Kier alpha value is -3.34. The van der Waals surface area contributed by atoms with Crippen LogP contribution in [0.1, 0.15) is 11.1 Å². The first-order valence-corrected chi connectivity index (χ1v) is 8.81. The number of benzene rings is 3. The number of anilines is 2. The van der Waals surface area contributed by atoms with E-state index in [0.717, 1.165) is 34.5 Å². The number of nitrogens with one attached hydrogen (secondary N) is 1. The molecule has 0 aliphatic carbocycles. The van der Waals surface area contributed by atoms with Gasteiger partial charge in [-0.3, -0.25) is 0 Å². The van der Waals surface area contributed by atoms with Gasteiger partial charge >= 0.3 is 6.18 Å². The minimum atomic E-state index is -4.39. The highest BCUT2D eigenvalue weighted by atomic mass is 19.4. The molecule has 0 bridgehead atoms. The lowest BCUT2D eigenvalue weighted by molar-refractivity contribution is -0.137. The number of pyridine rings is 1. The van der Waals surface area contributed by atoms with Gasteiger partial charge in [-0.25, -0.2) is 4.98 Å². The van der Waals surface area contributed by atoms with Crippen LogP contribution in [0.25, 0.3) is 22.2 Å². The molecule has 0 saturated heterocycles. The van der Waals surface area contributed by atoms with Crippen LogP contribution >= 0.6 is 0 Å². The van der Waals surface area contributed by atoms with E-state index >= 15 is 0 Å². The zero-order valence-corrected chi connectivity index (χ0v) is 15.1. The van der Waals surface area contributed by atoms with Crippen molar-refractivity contribution in [3.63, 3.8) is 0 Å². The van der Waals surface area contributed by atoms with Gasteiger partial charge in [0.2, 0.25) is 0 Å². The van der Waals surface area contributed by atoms with Gasteiger partial charge in [0.1, 0.15) is 0 Å². The zero-order valence-electron chi connectivity index (χ0n) is 15.1. The van der Waals surface area contributed by atoms with E-state index in [2.05, 4.69) is 10.3 Å². The Morgan fingerprint density at radius 1 is 0.821 bits per heavy atom. The second-order valence-corrected chi connectivity index (χ2v) is 6.64. The van der Waals surface area contributed by atoms with Crippen molar-refractivity contribution in [3.05, 3.63) is 90.0 Å². The van der Waals surface area contributed by atoms with Crippen molar-refractivity contribution in [2.45, 2.75) is 13.1 Å². The predicted octanol–water partition coefficient (Wildman–Crippen LogP) is 6.97. The van der Waals surface area contributed by atoms with Gasteiger partial charge < -0.3 is 5.32 Å². The number of hydrogen-bond donors (Lipinski definition) is 1. The van der Waals surface area contributed by atoms with Crippen molar-refractivity contribution < 1.29 is 13.2 Å². The van der Waals surface area contributed by atoms with Crippen LogP contribution in [0.2, 0.25) is 0 Å². The van der Waals surface area contributed by atoms with Crippen LogP contribution in [0, 0.1) is 6.92 Å². The third-order valence-corrected chi connectivity index (χ3v) is 4.53. The maximum atomic E-state index is 13.1. The fourth-order valence-corrected chi connectivity index (χ4v) is 3.07. The van der Waals surface area contributed by atoms with Crippen LogP contribution in [-0.2, 0) is 6.18 Å². The molecule has 0 unspecified atom stereocenters. The first-order chi connectivity index (χ1) is 13.4. The number of halogens is 3. The molecule has 0 spiro atoms. The average Bonchev–Trinajstić information content (AvgIpc) is 2.69. The molecule has 4 aromatic rings. The molecule has 28 heavy (non-hydrogen) atoms. The zero-order chi connectivity index (χ0) is 19.7. The maximum Gasteiger partial charge on any atom is 0.416 e. The maximum absolute atomic E-state index is 13.1. The SMILES string of the molecule is Cc1ccc(Nc2cc(-c3cccc(C(F)(F)F)c3)nc3ccccc23)cc1. The number of aromatic nitrogens is 1. The van der Waals surface area contributed by atoms with E-state index in [1.165, 1.54) is 6.07 Å². The van der Waals surface area contributed by atoms with Crippen LogP contribution in [0.3, 0.4) is 0 Å². The molecule has 1 aromatic heterocycles. The summed E-state index contributed by atoms with van der Waals surface area (Å²) < 4.78 is 39.3. The third kappa shape index (κ3) is 3.69. The van der Waals surface area contributed by atoms with Gasteiger partial charge in [0.25, 0.3) is 0 Å². The summed E-state index contributed by atoms with van der Waals surface area (Å²) in [6.07, 6.45) is -4.39. The molecule has 3 aromatic carbocycles. The van der Waals surface area contributed by atoms with Gasteiger partial charge in [-0.05, 0) is 43.3 Å². The monoisotopic (exact) mass is 378 g/mol. The Bertz CT molecular complexity index is 1130. The van der Waals surface area contributed by atoms with E-state index in [-0.39, 0.29) is 0 Å². The van der Waals surface area contributed by atoms with Crippen LogP contribution in [0.5, 0.6) is 0 Å². The molecule has 0 amide bonds. The highest BCUT2D eigenvalue weighted by Crippen LogP contribution is 2.34. The first kappa shape index (κ1) is 18.0. The molecule has 0 saturated carbocycles. The second-order valence-electron chi connectivity index (χ2n) is 6.64. The molecule has 5 heteroatoms. The summed E-state index contributed by atoms with van der Waals surface area (Å²) in [5, 5.41) is 4.27. The highest BCUT2D eigenvalue weighted by Gasteiger charge is 2.30. The molecule has 4 rings (SSSR count).